The van der Waals surface area contributed by atoms with Crippen molar-refractivity contribution in [3.05, 3.63) is 32.8 Å². The molecule has 1 saturated carbocycles. The standard InChI is InChI=1S/C12H16ClN3O4S.ClH/c1-7-4-10(16(17)18)12(13)11(5-7)21(19,20)15-6-9(14)8-2-3-8;/h4-5,8-9,15H,2-3,6,14H2,1H3;1H. The van der Waals surface area contributed by atoms with Crippen molar-refractivity contribution in [1.82, 2.24) is 4.72 Å². The summed E-state index contributed by atoms with van der Waals surface area (Å²) in [5.41, 5.74) is 5.86. The molecule has 1 aliphatic rings. The molecule has 1 aromatic carbocycles. The second kappa shape index (κ2) is 7.10. The lowest BCUT2D eigenvalue weighted by Crippen LogP contribution is -2.38. The van der Waals surface area contributed by atoms with Gasteiger partial charge in [0.2, 0.25) is 10.0 Å². The maximum absolute atomic E-state index is 12.3. The van der Waals surface area contributed by atoms with E-state index in [-0.39, 0.29) is 29.9 Å². The van der Waals surface area contributed by atoms with Crippen molar-refractivity contribution >= 4 is 39.7 Å². The van der Waals surface area contributed by atoms with Crippen LogP contribution in [0.2, 0.25) is 5.02 Å². The van der Waals surface area contributed by atoms with E-state index in [0.717, 1.165) is 12.8 Å². The summed E-state index contributed by atoms with van der Waals surface area (Å²) in [6.07, 6.45) is 2.00. The summed E-state index contributed by atoms with van der Waals surface area (Å²) in [5, 5.41) is 10.5. The quantitative estimate of drug-likeness (QED) is 0.587. The minimum absolute atomic E-state index is 0. The maximum atomic E-state index is 12.3. The van der Waals surface area contributed by atoms with E-state index in [2.05, 4.69) is 4.72 Å². The smallest absolute Gasteiger partial charge is 0.289 e. The molecule has 3 N–H and O–H groups in total. The first-order valence-electron chi connectivity index (χ1n) is 6.42. The summed E-state index contributed by atoms with van der Waals surface area (Å²) < 4.78 is 26.9. The van der Waals surface area contributed by atoms with Crippen molar-refractivity contribution in [3.8, 4) is 0 Å². The van der Waals surface area contributed by atoms with Crippen molar-refractivity contribution in [2.45, 2.75) is 30.7 Å². The molecule has 10 heteroatoms. The Labute approximate surface area is 139 Å². The SMILES string of the molecule is Cc1cc([N+](=O)[O-])c(Cl)c(S(=O)(=O)NCC(N)C2CC2)c1.Cl. The number of nitrogens with one attached hydrogen (secondary N) is 1. The van der Waals surface area contributed by atoms with Gasteiger partial charge < -0.3 is 5.73 Å². The Kier molecular flexibility index (Phi) is 6.17. The summed E-state index contributed by atoms with van der Waals surface area (Å²) >= 11 is 5.86. The average molecular weight is 370 g/mol. The predicted octanol–water partition coefficient (Wildman–Crippen LogP) is 1.99. The van der Waals surface area contributed by atoms with Crippen LogP contribution >= 0.6 is 24.0 Å². The highest BCUT2D eigenvalue weighted by atomic mass is 35.5. The van der Waals surface area contributed by atoms with E-state index >= 15 is 0 Å². The lowest BCUT2D eigenvalue weighted by atomic mass is 10.2. The third kappa shape index (κ3) is 4.30. The van der Waals surface area contributed by atoms with Crippen LogP contribution < -0.4 is 10.5 Å². The molecule has 0 amide bonds. The van der Waals surface area contributed by atoms with Crippen LogP contribution in [0.1, 0.15) is 18.4 Å². The average Bonchev–Trinajstić information content (AvgIpc) is 3.22. The number of halogens is 2. The van der Waals surface area contributed by atoms with Crippen LogP contribution in [0.4, 0.5) is 5.69 Å². The Hall–Kier alpha value is -0.930. The lowest BCUT2D eigenvalue weighted by Gasteiger charge is -2.13. The molecular weight excluding hydrogens is 353 g/mol. The van der Waals surface area contributed by atoms with Crippen molar-refractivity contribution in [2.75, 3.05) is 6.54 Å². The highest BCUT2D eigenvalue weighted by Crippen LogP contribution is 2.33. The van der Waals surface area contributed by atoms with Crippen LogP contribution in [0.5, 0.6) is 0 Å². The summed E-state index contributed by atoms with van der Waals surface area (Å²) in [7, 11) is -3.94. The number of nitrogens with zero attached hydrogens (tertiary/aromatic N) is 1. The van der Waals surface area contributed by atoms with Crippen molar-refractivity contribution in [2.24, 2.45) is 11.7 Å². The first kappa shape index (κ1) is 19.1. The van der Waals surface area contributed by atoms with Gasteiger partial charge in [0.25, 0.3) is 5.69 Å². The zero-order valence-electron chi connectivity index (χ0n) is 11.8. The highest BCUT2D eigenvalue weighted by molar-refractivity contribution is 7.89. The molecule has 7 nitrogen and oxygen atoms in total. The summed E-state index contributed by atoms with van der Waals surface area (Å²) in [4.78, 5) is 9.91. The monoisotopic (exact) mass is 369 g/mol. The number of nitro benzene ring substituents is 1. The van der Waals surface area contributed by atoms with Gasteiger partial charge in [0.1, 0.15) is 9.92 Å². The molecule has 1 fully saturated rings. The Morgan fingerprint density at radius 2 is 2.09 bits per heavy atom. The molecule has 124 valence electrons. The number of nitrogens with two attached hydrogens (primary N) is 1. The summed E-state index contributed by atoms with van der Waals surface area (Å²) in [6.45, 7) is 1.66. The van der Waals surface area contributed by atoms with E-state index in [0.29, 0.717) is 11.5 Å². The van der Waals surface area contributed by atoms with Gasteiger partial charge in [-0.25, -0.2) is 13.1 Å². The van der Waals surface area contributed by atoms with E-state index in [4.69, 9.17) is 17.3 Å². The van der Waals surface area contributed by atoms with E-state index in [1.165, 1.54) is 12.1 Å². The molecule has 0 aliphatic heterocycles. The molecule has 0 heterocycles. The van der Waals surface area contributed by atoms with Crippen LogP contribution in [-0.4, -0.2) is 25.9 Å². The van der Waals surface area contributed by atoms with Crippen molar-refractivity contribution in [1.29, 1.82) is 0 Å². The molecule has 0 saturated heterocycles. The maximum Gasteiger partial charge on any atom is 0.289 e. The molecule has 2 rings (SSSR count). The molecule has 22 heavy (non-hydrogen) atoms. The number of hydrogen-bond donors (Lipinski definition) is 2. The van der Waals surface area contributed by atoms with Gasteiger partial charge in [0.15, 0.2) is 0 Å². The van der Waals surface area contributed by atoms with E-state index < -0.39 is 25.7 Å². The van der Waals surface area contributed by atoms with Gasteiger partial charge in [0.05, 0.1) is 4.92 Å². The number of sulfonamides is 1. The fraction of sp³-hybridized carbons (Fsp3) is 0.500. The molecule has 1 aliphatic carbocycles. The number of hydrogen-bond acceptors (Lipinski definition) is 5. The normalized spacial score (nSPS) is 16.0. The van der Waals surface area contributed by atoms with Gasteiger partial charge in [-0.3, -0.25) is 10.1 Å². The van der Waals surface area contributed by atoms with E-state index in [9.17, 15) is 18.5 Å². The molecule has 1 aromatic rings. The fourth-order valence-corrected chi connectivity index (χ4v) is 3.75. The minimum atomic E-state index is -3.94. The van der Waals surface area contributed by atoms with Crippen LogP contribution in [0.25, 0.3) is 0 Å². The van der Waals surface area contributed by atoms with Gasteiger partial charge in [-0.15, -0.1) is 12.4 Å². The molecule has 0 radical (unpaired) electrons. The van der Waals surface area contributed by atoms with E-state index in [1.54, 1.807) is 6.92 Å². The topological polar surface area (TPSA) is 115 Å². The second-order valence-corrected chi connectivity index (χ2v) is 7.32. The second-order valence-electron chi connectivity index (χ2n) is 5.21. The van der Waals surface area contributed by atoms with Crippen LogP contribution in [-0.2, 0) is 10.0 Å². The highest BCUT2D eigenvalue weighted by Gasteiger charge is 2.31. The molecule has 1 unspecified atom stereocenters. The Morgan fingerprint density at radius 1 is 1.50 bits per heavy atom. The molecular formula is C12H17Cl2N3O4S. The third-order valence-electron chi connectivity index (χ3n) is 3.39. The van der Waals surface area contributed by atoms with Crippen LogP contribution in [0.15, 0.2) is 17.0 Å². The first-order chi connectivity index (χ1) is 9.72. The number of nitro groups is 1. The van der Waals surface area contributed by atoms with Gasteiger partial charge in [0, 0.05) is 18.7 Å². The minimum Gasteiger partial charge on any atom is -0.326 e. The number of rotatable bonds is 6. The number of benzene rings is 1. The van der Waals surface area contributed by atoms with Gasteiger partial charge in [-0.2, -0.15) is 0 Å². The summed E-state index contributed by atoms with van der Waals surface area (Å²) in [5.74, 6) is 0.343. The predicted molar refractivity (Wildman–Crippen MR) is 86.0 cm³/mol. The van der Waals surface area contributed by atoms with Gasteiger partial charge in [-0.05, 0) is 37.3 Å². The lowest BCUT2D eigenvalue weighted by molar-refractivity contribution is -0.385. The first-order valence-corrected chi connectivity index (χ1v) is 8.28. The van der Waals surface area contributed by atoms with E-state index in [1.807, 2.05) is 0 Å². The Morgan fingerprint density at radius 3 is 2.59 bits per heavy atom. The summed E-state index contributed by atoms with van der Waals surface area (Å²) in [6, 6.07) is 2.29. The third-order valence-corrected chi connectivity index (χ3v) is 5.34. The van der Waals surface area contributed by atoms with Gasteiger partial charge in [-0.1, -0.05) is 11.6 Å². The van der Waals surface area contributed by atoms with Crippen LogP contribution in [0, 0.1) is 23.0 Å². The largest absolute Gasteiger partial charge is 0.326 e. The van der Waals surface area contributed by atoms with Gasteiger partial charge >= 0.3 is 0 Å². The molecule has 0 spiro atoms. The van der Waals surface area contributed by atoms with Crippen molar-refractivity contribution < 1.29 is 13.3 Å². The zero-order chi connectivity index (χ0) is 15.8. The molecule has 0 bridgehead atoms. The Balaban J connectivity index is 0.00000242. The Bertz CT molecular complexity index is 677. The zero-order valence-corrected chi connectivity index (χ0v) is 14.2. The number of aryl methyl sites for hydroxylation is 1. The van der Waals surface area contributed by atoms with Crippen LogP contribution in [0.3, 0.4) is 0 Å². The fourth-order valence-electron chi connectivity index (χ4n) is 2.02. The molecule has 1 atom stereocenters. The molecule has 0 aromatic heterocycles. The van der Waals surface area contributed by atoms with Crippen molar-refractivity contribution in [3.63, 3.8) is 0 Å².